The van der Waals surface area contributed by atoms with E-state index in [4.69, 9.17) is 5.73 Å². The lowest BCUT2D eigenvalue weighted by Gasteiger charge is -2.27. The van der Waals surface area contributed by atoms with Crippen molar-refractivity contribution in [1.29, 1.82) is 0 Å². The van der Waals surface area contributed by atoms with Gasteiger partial charge in [-0.2, -0.15) is 0 Å². The molecule has 0 saturated carbocycles. The molecule has 1 fully saturated rings. The number of carbonyl (C=O) groups is 2. The first-order chi connectivity index (χ1) is 12.6. The summed E-state index contributed by atoms with van der Waals surface area (Å²) in [6.45, 7) is 3.29. The van der Waals surface area contributed by atoms with Gasteiger partial charge in [-0.15, -0.1) is 0 Å². The van der Waals surface area contributed by atoms with Gasteiger partial charge in [-0.1, -0.05) is 6.92 Å². The lowest BCUT2D eigenvalue weighted by molar-refractivity contribution is -0.115. The summed E-state index contributed by atoms with van der Waals surface area (Å²) in [7, 11) is 0. The maximum Gasteiger partial charge on any atom is 0.257 e. The number of hydrogen-bond acceptors (Lipinski definition) is 5. The van der Waals surface area contributed by atoms with E-state index in [1.54, 1.807) is 31.5 Å². The van der Waals surface area contributed by atoms with Crippen molar-refractivity contribution in [2.45, 2.75) is 32.6 Å². The van der Waals surface area contributed by atoms with E-state index in [0.717, 1.165) is 43.5 Å². The van der Waals surface area contributed by atoms with Crippen molar-refractivity contribution in [2.75, 3.05) is 24.1 Å². The highest BCUT2D eigenvalue weighted by molar-refractivity contribution is 5.99. The molecule has 1 aliphatic rings. The highest BCUT2D eigenvalue weighted by atomic mass is 16.2. The van der Waals surface area contributed by atoms with Gasteiger partial charge in [0.05, 0.1) is 5.56 Å². The number of carbonyl (C=O) groups excluding carboxylic acids is 2. The average molecular weight is 353 g/mol. The number of likely N-dealkylation sites (tertiary alicyclic amines) is 1. The topological polar surface area (TPSA) is 101 Å². The number of rotatable bonds is 4. The molecule has 7 nitrogen and oxygen atoms in total. The van der Waals surface area contributed by atoms with Crippen molar-refractivity contribution in [3.63, 3.8) is 0 Å². The maximum absolute atomic E-state index is 12.8. The zero-order chi connectivity index (χ0) is 18.5. The Balaban J connectivity index is 1.88. The van der Waals surface area contributed by atoms with Crippen LogP contribution in [0.4, 0.5) is 11.6 Å². The van der Waals surface area contributed by atoms with Crippen molar-refractivity contribution in [3.05, 3.63) is 36.2 Å². The van der Waals surface area contributed by atoms with Gasteiger partial charge in [0.2, 0.25) is 5.91 Å². The predicted molar refractivity (Wildman–Crippen MR) is 101 cm³/mol. The highest BCUT2D eigenvalue weighted by Gasteiger charge is 2.21. The Kier molecular flexibility index (Phi) is 5.46. The fraction of sp³-hybridized carbons (Fsp3) is 0.368. The van der Waals surface area contributed by atoms with Gasteiger partial charge in [0.15, 0.2) is 0 Å². The first-order valence-electron chi connectivity index (χ1n) is 8.89. The second kappa shape index (κ2) is 7.95. The van der Waals surface area contributed by atoms with E-state index in [0.29, 0.717) is 17.8 Å². The third kappa shape index (κ3) is 3.99. The minimum Gasteiger partial charge on any atom is -0.383 e. The van der Waals surface area contributed by atoms with Crippen LogP contribution in [0.15, 0.2) is 30.6 Å². The molecule has 3 N–H and O–H groups in total. The van der Waals surface area contributed by atoms with Crippen LogP contribution in [-0.4, -0.2) is 39.8 Å². The fourth-order valence-corrected chi connectivity index (χ4v) is 2.98. The fourth-order valence-electron chi connectivity index (χ4n) is 2.98. The summed E-state index contributed by atoms with van der Waals surface area (Å²) in [5.74, 6) is 0.518. The van der Waals surface area contributed by atoms with E-state index in [1.807, 2.05) is 11.0 Å². The van der Waals surface area contributed by atoms with Crippen LogP contribution in [0.2, 0.25) is 0 Å². The monoisotopic (exact) mass is 353 g/mol. The zero-order valence-corrected chi connectivity index (χ0v) is 14.9. The average Bonchev–Trinajstić information content (AvgIpc) is 2.68. The number of nitrogens with two attached hydrogens (primary N) is 1. The number of amides is 2. The van der Waals surface area contributed by atoms with Gasteiger partial charge < -0.3 is 16.0 Å². The van der Waals surface area contributed by atoms with Crippen LogP contribution in [0.25, 0.3) is 11.1 Å². The predicted octanol–water partition coefficient (Wildman–Crippen LogP) is 2.70. The Morgan fingerprint density at radius 2 is 1.92 bits per heavy atom. The minimum atomic E-state index is -0.106. The van der Waals surface area contributed by atoms with Crippen LogP contribution in [0.3, 0.4) is 0 Å². The SMILES string of the molecule is CCC(=O)Nc1cc(-c2cnc(N)c(C(=O)N3CCCCC3)c2)ccn1. The quantitative estimate of drug-likeness (QED) is 0.880. The van der Waals surface area contributed by atoms with E-state index in [9.17, 15) is 9.59 Å². The van der Waals surface area contributed by atoms with Gasteiger partial charge >= 0.3 is 0 Å². The Hall–Kier alpha value is -2.96. The molecular formula is C19H23N5O2. The van der Waals surface area contributed by atoms with Crippen molar-refractivity contribution in [1.82, 2.24) is 14.9 Å². The van der Waals surface area contributed by atoms with Crippen LogP contribution in [0.5, 0.6) is 0 Å². The van der Waals surface area contributed by atoms with E-state index in [-0.39, 0.29) is 17.6 Å². The zero-order valence-electron chi connectivity index (χ0n) is 14.9. The third-order valence-corrected chi connectivity index (χ3v) is 4.47. The second-order valence-corrected chi connectivity index (χ2v) is 6.34. The molecule has 2 amide bonds. The molecule has 136 valence electrons. The number of nitrogens with one attached hydrogen (secondary N) is 1. The number of anilines is 2. The van der Waals surface area contributed by atoms with E-state index in [1.165, 1.54) is 0 Å². The summed E-state index contributed by atoms with van der Waals surface area (Å²) in [4.78, 5) is 34.5. The first kappa shape index (κ1) is 17.8. The molecule has 3 heterocycles. The third-order valence-electron chi connectivity index (χ3n) is 4.47. The number of aromatic nitrogens is 2. The van der Waals surface area contributed by atoms with Crippen LogP contribution in [0, 0.1) is 0 Å². The Labute approximate surface area is 152 Å². The maximum atomic E-state index is 12.8. The lowest BCUT2D eigenvalue weighted by Crippen LogP contribution is -2.36. The smallest absolute Gasteiger partial charge is 0.257 e. The van der Waals surface area contributed by atoms with Crippen molar-refractivity contribution >= 4 is 23.5 Å². The van der Waals surface area contributed by atoms with Crippen molar-refractivity contribution in [3.8, 4) is 11.1 Å². The van der Waals surface area contributed by atoms with Gasteiger partial charge in [0, 0.05) is 37.5 Å². The summed E-state index contributed by atoms with van der Waals surface area (Å²) >= 11 is 0. The second-order valence-electron chi connectivity index (χ2n) is 6.34. The van der Waals surface area contributed by atoms with Crippen LogP contribution in [-0.2, 0) is 4.79 Å². The summed E-state index contributed by atoms with van der Waals surface area (Å²) in [5, 5.41) is 2.73. The summed E-state index contributed by atoms with van der Waals surface area (Å²) in [6, 6.07) is 5.33. The molecule has 0 spiro atoms. The molecule has 0 aliphatic carbocycles. The molecular weight excluding hydrogens is 330 g/mol. The van der Waals surface area contributed by atoms with Crippen LogP contribution < -0.4 is 11.1 Å². The molecule has 0 unspecified atom stereocenters. The molecule has 0 aromatic carbocycles. The van der Waals surface area contributed by atoms with E-state index in [2.05, 4.69) is 15.3 Å². The van der Waals surface area contributed by atoms with Crippen LogP contribution >= 0.6 is 0 Å². The van der Waals surface area contributed by atoms with E-state index >= 15 is 0 Å². The summed E-state index contributed by atoms with van der Waals surface area (Å²) in [5.41, 5.74) is 7.95. The summed E-state index contributed by atoms with van der Waals surface area (Å²) in [6.07, 6.45) is 6.81. The van der Waals surface area contributed by atoms with Gasteiger partial charge in [0.1, 0.15) is 11.6 Å². The lowest BCUT2D eigenvalue weighted by atomic mass is 10.0. The molecule has 0 bridgehead atoms. The largest absolute Gasteiger partial charge is 0.383 e. The van der Waals surface area contributed by atoms with Gasteiger partial charge in [-0.3, -0.25) is 9.59 Å². The molecule has 26 heavy (non-hydrogen) atoms. The Bertz CT molecular complexity index is 815. The van der Waals surface area contributed by atoms with Crippen molar-refractivity contribution < 1.29 is 9.59 Å². The number of piperidine rings is 1. The normalized spacial score (nSPS) is 14.1. The van der Waals surface area contributed by atoms with Gasteiger partial charge in [0.25, 0.3) is 5.91 Å². The molecule has 7 heteroatoms. The molecule has 0 radical (unpaired) electrons. The molecule has 0 atom stereocenters. The first-order valence-corrected chi connectivity index (χ1v) is 8.89. The highest BCUT2D eigenvalue weighted by Crippen LogP contribution is 2.25. The number of pyridine rings is 2. The molecule has 2 aromatic heterocycles. The molecule has 3 rings (SSSR count). The Morgan fingerprint density at radius 1 is 1.15 bits per heavy atom. The molecule has 1 saturated heterocycles. The number of nitrogen functional groups attached to an aromatic ring is 1. The minimum absolute atomic E-state index is 0.0786. The van der Waals surface area contributed by atoms with Crippen molar-refractivity contribution in [2.24, 2.45) is 0 Å². The molecule has 2 aromatic rings. The number of nitrogens with zero attached hydrogens (tertiary/aromatic N) is 3. The summed E-state index contributed by atoms with van der Waals surface area (Å²) < 4.78 is 0. The molecule has 1 aliphatic heterocycles. The van der Waals surface area contributed by atoms with E-state index < -0.39 is 0 Å². The standard InChI is InChI=1S/C19H23N5O2/c1-2-17(25)23-16-11-13(6-7-21-16)14-10-15(18(20)22-12-14)19(26)24-8-4-3-5-9-24/h6-7,10-12H,2-5,8-9H2,1H3,(H2,20,22)(H,21,23,25). The number of hydrogen-bond donors (Lipinski definition) is 2. The van der Waals surface area contributed by atoms with Crippen LogP contribution in [0.1, 0.15) is 43.0 Å². The van der Waals surface area contributed by atoms with Gasteiger partial charge in [-0.05, 0) is 43.0 Å². The van der Waals surface area contributed by atoms with Gasteiger partial charge in [-0.25, -0.2) is 9.97 Å². The Morgan fingerprint density at radius 3 is 2.65 bits per heavy atom.